The molecule has 0 fully saturated rings. The first-order chi connectivity index (χ1) is 12.3. The van der Waals surface area contributed by atoms with Crippen molar-refractivity contribution in [2.45, 2.75) is 19.4 Å². The van der Waals surface area contributed by atoms with E-state index in [1.165, 1.54) is 6.07 Å². The van der Waals surface area contributed by atoms with Crippen LogP contribution in [-0.4, -0.2) is 34.9 Å². The summed E-state index contributed by atoms with van der Waals surface area (Å²) in [6.07, 6.45) is 3.63. The minimum Gasteiger partial charge on any atom is -0.474 e. The minimum absolute atomic E-state index is 0.0782. The zero-order valence-electron chi connectivity index (χ0n) is 14.9. The Bertz CT molecular complexity index is 889. The van der Waals surface area contributed by atoms with E-state index in [0.717, 1.165) is 5.56 Å². The third-order valence-corrected chi connectivity index (χ3v) is 4.37. The summed E-state index contributed by atoms with van der Waals surface area (Å²) >= 11 is 0. The number of likely N-dealkylation sites (N-methyl/N-ethyl adjacent to an activating group) is 1. The first kappa shape index (κ1) is 17.7. The number of amides is 1. The van der Waals surface area contributed by atoms with Crippen LogP contribution in [0.4, 0.5) is 5.69 Å². The summed E-state index contributed by atoms with van der Waals surface area (Å²) in [7, 11) is 1.69. The molecule has 0 aromatic heterocycles. The van der Waals surface area contributed by atoms with Crippen molar-refractivity contribution in [1.82, 2.24) is 4.90 Å². The van der Waals surface area contributed by atoms with Crippen molar-refractivity contribution in [3.8, 4) is 5.75 Å². The lowest BCUT2D eigenvalue weighted by Gasteiger charge is -2.34. The molecule has 2 aromatic carbocycles. The molecule has 0 aliphatic carbocycles. The van der Waals surface area contributed by atoms with Gasteiger partial charge in [0.2, 0.25) is 5.75 Å². The van der Waals surface area contributed by atoms with Crippen molar-refractivity contribution in [3.63, 3.8) is 0 Å². The molecule has 0 radical (unpaired) electrons. The molecule has 134 valence electrons. The number of nitro benzene ring substituents is 1. The fourth-order valence-electron chi connectivity index (χ4n) is 3.01. The predicted octanol–water partition coefficient (Wildman–Crippen LogP) is 3.84. The van der Waals surface area contributed by atoms with Crippen molar-refractivity contribution in [2.75, 3.05) is 13.6 Å². The molecular weight excluding hydrogens is 332 g/mol. The van der Waals surface area contributed by atoms with Gasteiger partial charge in [0.05, 0.1) is 11.5 Å². The van der Waals surface area contributed by atoms with Gasteiger partial charge in [-0.2, -0.15) is 0 Å². The molecule has 1 unspecified atom stereocenters. The highest BCUT2D eigenvalue weighted by molar-refractivity contribution is 5.94. The highest BCUT2D eigenvalue weighted by Crippen LogP contribution is 2.38. The second kappa shape index (κ2) is 6.63. The fourth-order valence-corrected chi connectivity index (χ4v) is 3.01. The van der Waals surface area contributed by atoms with Gasteiger partial charge in [0.25, 0.3) is 5.91 Å². The van der Waals surface area contributed by atoms with Gasteiger partial charge in [-0.1, -0.05) is 35.9 Å². The number of carbonyl (C=O) groups is 1. The molecule has 6 nitrogen and oxygen atoms in total. The highest BCUT2D eigenvalue weighted by atomic mass is 16.6. The van der Waals surface area contributed by atoms with E-state index in [9.17, 15) is 14.9 Å². The lowest BCUT2D eigenvalue weighted by Crippen LogP contribution is -2.45. The molecule has 1 heterocycles. The second-order valence-electron chi connectivity index (χ2n) is 6.73. The molecule has 26 heavy (non-hydrogen) atoms. The maximum Gasteiger partial charge on any atom is 0.311 e. The molecule has 1 aliphatic rings. The number of carbonyl (C=O) groups excluding carboxylic acids is 1. The summed E-state index contributed by atoms with van der Waals surface area (Å²) in [4.78, 5) is 25.0. The Morgan fingerprint density at radius 2 is 1.92 bits per heavy atom. The summed E-state index contributed by atoms with van der Waals surface area (Å²) < 4.78 is 5.97. The number of nitrogens with zero attached hydrogens (tertiary/aromatic N) is 2. The van der Waals surface area contributed by atoms with Crippen LogP contribution in [0.25, 0.3) is 6.08 Å². The molecule has 0 bridgehead atoms. The summed E-state index contributed by atoms with van der Waals surface area (Å²) in [5.74, 6) is 0.107. The molecule has 1 amide bonds. The lowest BCUT2D eigenvalue weighted by atomic mass is 9.98. The summed E-state index contributed by atoms with van der Waals surface area (Å²) in [5, 5.41) is 11.3. The number of aryl methyl sites for hydroxylation is 1. The summed E-state index contributed by atoms with van der Waals surface area (Å²) in [6.45, 7) is 4.04. The van der Waals surface area contributed by atoms with E-state index in [1.807, 2.05) is 32.1 Å². The van der Waals surface area contributed by atoms with Gasteiger partial charge in [0, 0.05) is 24.2 Å². The summed E-state index contributed by atoms with van der Waals surface area (Å²) in [5.41, 5.74) is 1.40. The maximum atomic E-state index is 12.6. The van der Waals surface area contributed by atoms with Crippen LogP contribution in [0.1, 0.15) is 28.4 Å². The van der Waals surface area contributed by atoms with Crippen LogP contribution in [0.2, 0.25) is 0 Å². The zero-order chi connectivity index (χ0) is 18.9. The van der Waals surface area contributed by atoms with Crippen LogP contribution < -0.4 is 4.74 Å². The van der Waals surface area contributed by atoms with Crippen LogP contribution in [0.3, 0.4) is 0 Å². The molecule has 6 heteroatoms. The van der Waals surface area contributed by atoms with E-state index in [1.54, 1.807) is 42.3 Å². The Labute approximate surface area is 151 Å². The van der Waals surface area contributed by atoms with Gasteiger partial charge in [0.1, 0.15) is 5.60 Å². The molecular formula is C20H20N2O4. The number of fused-ring (bicyclic) bond motifs is 1. The van der Waals surface area contributed by atoms with Gasteiger partial charge in [0.15, 0.2) is 0 Å². The number of nitro groups is 1. The molecule has 2 aromatic rings. The first-order valence-electron chi connectivity index (χ1n) is 8.27. The van der Waals surface area contributed by atoms with E-state index in [2.05, 4.69) is 0 Å². The van der Waals surface area contributed by atoms with Crippen LogP contribution in [-0.2, 0) is 0 Å². The van der Waals surface area contributed by atoms with E-state index < -0.39 is 10.5 Å². The van der Waals surface area contributed by atoms with Crippen LogP contribution in [0.15, 0.2) is 48.5 Å². The van der Waals surface area contributed by atoms with Crippen molar-refractivity contribution in [1.29, 1.82) is 0 Å². The van der Waals surface area contributed by atoms with Gasteiger partial charge < -0.3 is 9.64 Å². The topological polar surface area (TPSA) is 72.7 Å². The third-order valence-electron chi connectivity index (χ3n) is 4.37. The zero-order valence-corrected chi connectivity index (χ0v) is 14.9. The largest absolute Gasteiger partial charge is 0.474 e. The number of hydrogen-bond donors (Lipinski definition) is 0. The SMILES string of the molecule is Cc1ccc(C(=O)N(C)CC2(C)C=Cc3cccc([N+](=O)[O-])c3O2)cc1. The molecule has 1 aliphatic heterocycles. The predicted molar refractivity (Wildman–Crippen MR) is 99.3 cm³/mol. The normalized spacial score (nSPS) is 18.0. The van der Waals surface area contributed by atoms with Gasteiger partial charge in [-0.15, -0.1) is 0 Å². The van der Waals surface area contributed by atoms with Gasteiger partial charge >= 0.3 is 5.69 Å². The monoisotopic (exact) mass is 352 g/mol. The van der Waals surface area contributed by atoms with Gasteiger partial charge in [-0.25, -0.2) is 0 Å². The van der Waals surface area contributed by atoms with E-state index in [-0.39, 0.29) is 23.9 Å². The Balaban J connectivity index is 1.81. The average molecular weight is 352 g/mol. The lowest BCUT2D eigenvalue weighted by molar-refractivity contribution is -0.386. The van der Waals surface area contributed by atoms with E-state index in [4.69, 9.17) is 4.74 Å². The van der Waals surface area contributed by atoms with Crippen LogP contribution >= 0.6 is 0 Å². The second-order valence-corrected chi connectivity index (χ2v) is 6.73. The molecule has 0 saturated carbocycles. The molecule has 0 spiro atoms. The summed E-state index contributed by atoms with van der Waals surface area (Å²) in [6, 6.07) is 12.2. The molecule has 0 saturated heterocycles. The Morgan fingerprint density at radius 3 is 2.58 bits per heavy atom. The number of para-hydroxylation sites is 1. The van der Waals surface area contributed by atoms with Crippen molar-refractivity contribution < 1.29 is 14.5 Å². The Hall–Kier alpha value is -3.15. The van der Waals surface area contributed by atoms with E-state index in [0.29, 0.717) is 11.1 Å². The Morgan fingerprint density at radius 1 is 1.23 bits per heavy atom. The average Bonchev–Trinajstić information content (AvgIpc) is 2.60. The number of hydrogen-bond acceptors (Lipinski definition) is 4. The first-order valence-corrected chi connectivity index (χ1v) is 8.27. The van der Waals surface area contributed by atoms with Crippen LogP contribution in [0, 0.1) is 17.0 Å². The number of rotatable bonds is 4. The van der Waals surface area contributed by atoms with Gasteiger partial charge in [-0.05, 0) is 32.1 Å². The molecule has 3 rings (SSSR count). The fraction of sp³-hybridized carbons (Fsp3) is 0.250. The Kier molecular flexibility index (Phi) is 4.50. The quantitative estimate of drug-likeness (QED) is 0.619. The van der Waals surface area contributed by atoms with Crippen molar-refractivity contribution >= 4 is 17.7 Å². The van der Waals surface area contributed by atoms with E-state index >= 15 is 0 Å². The van der Waals surface area contributed by atoms with Crippen molar-refractivity contribution in [2.24, 2.45) is 0 Å². The van der Waals surface area contributed by atoms with Crippen molar-refractivity contribution in [3.05, 3.63) is 75.3 Å². The standard InChI is InChI=1S/C20H20N2O4/c1-14-7-9-16(10-8-14)19(23)21(3)13-20(2)12-11-15-5-4-6-17(22(24)25)18(15)26-20/h4-12H,13H2,1-3H3. The minimum atomic E-state index is -0.853. The molecule has 1 atom stereocenters. The third kappa shape index (κ3) is 3.44. The molecule has 0 N–H and O–H groups in total. The maximum absolute atomic E-state index is 12.6. The number of ether oxygens (including phenoxy) is 1. The number of benzene rings is 2. The highest BCUT2D eigenvalue weighted by Gasteiger charge is 2.34. The van der Waals surface area contributed by atoms with Crippen LogP contribution in [0.5, 0.6) is 5.75 Å². The smallest absolute Gasteiger partial charge is 0.311 e. The van der Waals surface area contributed by atoms with Gasteiger partial charge in [-0.3, -0.25) is 14.9 Å².